The number of hydrogen-bond donors (Lipinski definition) is 0. The Bertz CT molecular complexity index is 332. The number of methoxy groups -OCH3 is 1. The average molecular weight is 227 g/mol. The summed E-state index contributed by atoms with van der Waals surface area (Å²) < 4.78 is 5.08. The van der Waals surface area contributed by atoms with Gasteiger partial charge in [0.25, 0.3) is 0 Å². The van der Waals surface area contributed by atoms with E-state index in [0.29, 0.717) is 17.9 Å². The van der Waals surface area contributed by atoms with Gasteiger partial charge < -0.3 is 4.74 Å². The first-order valence-corrected chi connectivity index (χ1v) is 5.35. The minimum Gasteiger partial charge on any atom is -0.374 e. The van der Waals surface area contributed by atoms with Crippen molar-refractivity contribution in [2.75, 3.05) is 7.11 Å². The summed E-state index contributed by atoms with van der Waals surface area (Å²) in [5.74, 6) is 0.0993. The van der Waals surface area contributed by atoms with E-state index in [1.54, 1.807) is 13.2 Å². The van der Waals surface area contributed by atoms with Crippen molar-refractivity contribution in [2.45, 2.75) is 25.9 Å². The fourth-order valence-corrected chi connectivity index (χ4v) is 1.70. The first-order valence-electron chi connectivity index (χ1n) is 4.97. The van der Waals surface area contributed by atoms with E-state index in [2.05, 4.69) is 0 Å². The highest BCUT2D eigenvalue weighted by atomic mass is 35.5. The Labute approximate surface area is 95.2 Å². The number of ether oxygens (including phenoxy) is 1. The summed E-state index contributed by atoms with van der Waals surface area (Å²) in [7, 11) is 1.56. The van der Waals surface area contributed by atoms with Gasteiger partial charge in [0, 0.05) is 18.6 Å². The zero-order chi connectivity index (χ0) is 11.3. The Morgan fingerprint density at radius 1 is 1.53 bits per heavy atom. The van der Waals surface area contributed by atoms with Crippen LogP contribution in [0.5, 0.6) is 0 Å². The number of rotatable bonds is 5. The third-order valence-electron chi connectivity index (χ3n) is 2.28. The fourth-order valence-electron chi connectivity index (χ4n) is 1.49. The first kappa shape index (κ1) is 12.2. The quantitative estimate of drug-likeness (QED) is 0.772. The molecule has 15 heavy (non-hydrogen) atoms. The van der Waals surface area contributed by atoms with Crippen molar-refractivity contribution in [3.8, 4) is 0 Å². The fraction of sp³-hybridized carbons (Fsp3) is 0.417. The summed E-state index contributed by atoms with van der Waals surface area (Å²) in [6.07, 6.45) is 0.784. The summed E-state index contributed by atoms with van der Waals surface area (Å²) >= 11 is 5.83. The van der Waals surface area contributed by atoms with Crippen molar-refractivity contribution in [1.82, 2.24) is 0 Å². The molecular weight excluding hydrogens is 212 g/mol. The molecule has 0 fully saturated rings. The molecule has 3 heteroatoms. The third kappa shape index (κ3) is 3.65. The molecule has 1 unspecified atom stereocenters. The zero-order valence-corrected chi connectivity index (χ0v) is 9.75. The lowest BCUT2D eigenvalue weighted by Gasteiger charge is -2.11. The molecule has 2 nitrogen and oxygen atoms in total. The van der Waals surface area contributed by atoms with Gasteiger partial charge in [-0.25, -0.2) is 0 Å². The average Bonchev–Trinajstić information content (AvgIpc) is 2.19. The maximum atomic E-state index is 11.7. The summed E-state index contributed by atoms with van der Waals surface area (Å²) in [6.45, 7) is 1.93. The SMILES string of the molecule is CCC(OC)C(=O)Cc1cccc(Cl)c1. The van der Waals surface area contributed by atoms with Crippen molar-refractivity contribution in [3.63, 3.8) is 0 Å². The van der Waals surface area contributed by atoms with Crippen LogP contribution in [0.25, 0.3) is 0 Å². The maximum absolute atomic E-state index is 11.7. The van der Waals surface area contributed by atoms with E-state index in [0.717, 1.165) is 5.56 Å². The van der Waals surface area contributed by atoms with E-state index in [1.807, 2.05) is 25.1 Å². The molecule has 0 bridgehead atoms. The minimum atomic E-state index is -0.302. The molecule has 1 aromatic carbocycles. The largest absolute Gasteiger partial charge is 0.374 e. The second-order valence-electron chi connectivity index (χ2n) is 3.41. The molecule has 0 spiro atoms. The van der Waals surface area contributed by atoms with Gasteiger partial charge in [-0.3, -0.25) is 4.79 Å². The number of benzene rings is 1. The van der Waals surface area contributed by atoms with Gasteiger partial charge in [0.1, 0.15) is 6.10 Å². The monoisotopic (exact) mass is 226 g/mol. The molecule has 0 aliphatic carbocycles. The molecule has 0 saturated carbocycles. The first-order chi connectivity index (χ1) is 7.17. The van der Waals surface area contributed by atoms with Gasteiger partial charge in [0.15, 0.2) is 5.78 Å². The van der Waals surface area contributed by atoms with E-state index in [4.69, 9.17) is 16.3 Å². The van der Waals surface area contributed by atoms with E-state index in [1.165, 1.54) is 0 Å². The van der Waals surface area contributed by atoms with E-state index < -0.39 is 0 Å². The molecule has 0 N–H and O–H groups in total. The second-order valence-corrected chi connectivity index (χ2v) is 3.84. The van der Waals surface area contributed by atoms with Crippen LogP contribution in [-0.2, 0) is 16.0 Å². The molecule has 0 aliphatic heterocycles. The van der Waals surface area contributed by atoms with Crippen LogP contribution in [0.2, 0.25) is 5.02 Å². The molecule has 0 aliphatic rings. The Morgan fingerprint density at radius 3 is 2.80 bits per heavy atom. The van der Waals surface area contributed by atoms with Crippen molar-refractivity contribution in [3.05, 3.63) is 34.9 Å². The van der Waals surface area contributed by atoms with E-state index >= 15 is 0 Å². The lowest BCUT2D eigenvalue weighted by Crippen LogP contribution is -2.23. The van der Waals surface area contributed by atoms with Crippen molar-refractivity contribution in [1.29, 1.82) is 0 Å². The van der Waals surface area contributed by atoms with Crippen molar-refractivity contribution >= 4 is 17.4 Å². The maximum Gasteiger partial charge on any atom is 0.165 e. The van der Waals surface area contributed by atoms with Gasteiger partial charge in [0.05, 0.1) is 0 Å². The smallest absolute Gasteiger partial charge is 0.165 e. The predicted octanol–water partition coefficient (Wildman–Crippen LogP) is 2.88. The van der Waals surface area contributed by atoms with E-state index in [-0.39, 0.29) is 11.9 Å². The van der Waals surface area contributed by atoms with Gasteiger partial charge >= 0.3 is 0 Å². The van der Waals surface area contributed by atoms with Gasteiger partial charge in [0.2, 0.25) is 0 Å². The lowest BCUT2D eigenvalue weighted by atomic mass is 10.0. The van der Waals surface area contributed by atoms with Crippen molar-refractivity contribution < 1.29 is 9.53 Å². The van der Waals surface area contributed by atoms with Gasteiger partial charge in [-0.1, -0.05) is 30.7 Å². The van der Waals surface area contributed by atoms with Gasteiger partial charge in [-0.15, -0.1) is 0 Å². The van der Waals surface area contributed by atoms with Crippen LogP contribution < -0.4 is 0 Å². The summed E-state index contributed by atoms with van der Waals surface area (Å²) in [5, 5.41) is 0.658. The number of carbonyl (C=O) groups excluding carboxylic acids is 1. The molecule has 82 valence electrons. The van der Waals surface area contributed by atoms with Crippen LogP contribution in [0, 0.1) is 0 Å². The Kier molecular flexibility index (Phi) is 4.79. The molecule has 0 aromatic heterocycles. The molecule has 0 heterocycles. The standard InChI is InChI=1S/C12H15ClO2/c1-3-12(15-2)11(14)8-9-5-4-6-10(13)7-9/h4-7,12H,3,8H2,1-2H3. The normalized spacial score (nSPS) is 12.5. The molecule has 1 atom stereocenters. The number of ketones is 1. The van der Waals surface area contributed by atoms with Crippen LogP contribution in [-0.4, -0.2) is 19.0 Å². The molecule has 0 amide bonds. The van der Waals surface area contributed by atoms with Crippen LogP contribution >= 0.6 is 11.6 Å². The Hall–Kier alpha value is -0.860. The Balaban J connectivity index is 2.65. The summed E-state index contributed by atoms with van der Waals surface area (Å²) in [6, 6.07) is 7.34. The molecular formula is C12H15ClO2. The Morgan fingerprint density at radius 2 is 2.27 bits per heavy atom. The number of Topliss-reactive ketones (excluding diaryl/α,β-unsaturated/α-hetero) is 1. The topological polar surface area (TPSA) is 26.3 Å². The lowest BCUT2D eigenvalue weighted by molar-refractivity contribution is -0.128. The second kappa shape index (κ2) is 5.89. The molecule has 1 rings (SSSR count). The highest BCUT2D eigenvalue weighted by molar-refractivity contribution is 6.30. The minimum absolute atomic E-state index is 0.0993. The highest BCUT2D eigenvalue weighted by Crippen LogP contribution is 2.12. The predicted molar refractivity (Wildman–Crippen MR) is 61.3 cm³/mol. The van der Waals surface area contributed by atoms with Gasteiger partial charge in [-0.2, -0.15) is 0 Å². The van der Waals surface area contributed by atoms with Crippen molar-refractivity contribution in [2.24, 2.45) is 0 Å². The van der Waals surface area contributed by atoms with Crippen LogP contribution in [0.3, 0.4) is 0 Å². The van der Waals surface area contributed by atoms with Gasteiger partial charge in [-0.05, 0) is 24.1 Å². The number of hydrogen-bond acceptors (Lipinski definition) is 2. The molecule has 1 aromatic rings. The van der Waals surface area contributed by atoms with E-state index in [9.17, 15) is 4.79 Å². The van der Waals surface area contributed by atoms with Crippen LogP contribution in [0.4, 0.5) is 0 Å². The zero-order valence-electron chi connectivity index (χ0n) is 9.00. The number of carbonyl (C=O) groups is 1. The van der Waals surface area contributed by atoms with Crippen LogP contribution in [0.15, 0.2) is 24.3 Å². The molecule has 0 saturated heterocycles. The molecule has 0 radical (unpaired) electrons. The van der Waals surface area contributed by atoms with Crippen LogP contribution in [0.1, 0.15) is 18.9 Å². The highest BCUT2D eigenvalue weighted by Gasteiger charge is 2.15. The summed E-state index contributed by atoms with van der Waals surface area (Å²) in [4.78, 5) is 11.7. The third-order valence-corrected chi connectivity index (χ3v) is 2.52. The number of halogens is 1. The summed E-state index contributed by atoms with van der Waals surface area (Å²) in [5.41, 5.74) is 0.933.